The van der Waals surface area contributed by atoms with Crippen LogP contribution < -0.4 is 4.72 Å². The zero-order valence-corrected chi connectivity index (χ0v) is 12.3. The molecule has 0 aromatic heterocycles. The van der Waals surface area contributed by atoms with Crippen molar-refractivity contribution in [3.05, 3.63) is 33.3 Å². The van der Waals surface area contributed by atoms with E-state index in [9.17, 15) is 18.5 Å². The van der Waals surface area contributed by atoms with Crippen LogP contribution in [0.25, 0.3) is 0 Å². The molecule has 0 radical (unpaired) electrons. The van der Waals surface area contributed by atoms with Gasteiger partial charge in [-0.25, -0.2) is 13.1 Å². The summed E-state index contributed by atoms with van der Waals surface area (Å²) in [6.45, 7) is 1.91. The SMILES string of the molecule is CC(CCO)CNS(=O)(=O)c1ccc([N+](=O)[O-])cc1Cl. The van der Waals surface area contributed by atoms with E-state index in [2.05, 4.69) is 4.72 Å². The number of nitrogens with zero attached hydrogens (tertiary/aromatic N) is 1. The molecule has 0 bridgehead atoms. The lowest BCUT2D eigenvalue weighted by molar-refractivity contribution is -0.384. The Labute approximate surface area is 121 Å². The largest absolute Gasteiger partial charge is 0.396 e. The minimum Gasteiger partial charge on any atom is -0.396 e. The van der Waals surface area contributed by atoms with Crippen molar-refractivity contribution in [2.24, 2.45) is 5.92 Å². The Morgan fingerprint density at radius 1 is 1.50 bits per heavy atom. The third kappa shape index (κ3) is 4.41. The van der Waals surface area contributed by atoms with E-state index < -0.39 is 14.9 Å². The van der Waals surface area contributed by atoms with Gasteiger partial charge in [0.2, 0.25) is 10.0 Å². The van der Waals surface area contributed by atoms with Gasteiger partial charge in [0, 0.05) is 25.3 Å². The molecule has 9 heteroatoms. The number of aliphatic hydroxyl groups is 1. The molecule has 7 nitrogen and oxygen atoms in total. The second-order valence-corrected chi connectivity index (χ2v) is 6.48. The van der Waals surface area contributed by atoms with Crippen molar-refractivity contribution >= 4 is 27.3 Å². The molecule has 1 aromatic rings. The summed E-state index contributed by atoms with van der Waals surface area (Å²) in [6.07, 6.45) is 0.469. The van der Waals surface area contributed by atoms with Gasteiger partial charge in [-0.1, -0.05) is 18.5 Å². The topological polar surface area (TPSA) is 110 Å². The number of nitrogens with one attached hydrogen (secondary N) is 1. The highest BCUT2D eigenvalue weighted by Gasteiger charge is 2.20. The average Bonchev–Trinajstić information content (AvgIpc) is 2.36. The first-order chi connectivity index (χ1) is 9.27. The van der Waals surface area contributed by atoms with Crippen molar-refractivity contribution in [3.8, 4) is 0 Å². The van der Waals surface area contributed by atoms with Crippen molar-refractivity contribution in [1.29, 1.82) is 0 Å². The molecule has 0 aliphatic heterocycles. The monoisotopic (exact) mass is 322 g/mol. The maximum absolute atomic E-state index is 12.0. The molecule has 0 heterocycles. The van der Waals surface area contributed by atoms with Crippen molar-refractivity contribution in [2.75, 3.05) is 13.2 Å². The zero-order chi connectivity index (χ0) is 15.3. The van der Waals surface area contributed by atoms with Gasteiger partial charge in [0.1, 0.15) is 4.90 Å². The number of hydrogen-bond acceptors (Lipinski definition) is 5. The smallest absolute Gasteiger partial charge is 0.271 e. The molecular weight excluding hydrogens is 308 g/mol. The average molecular weight is 323 g/mol. The Balaban J connectivity index is 2.90. The fraction of sp³-hybridized carbons (Fsp3) is 0.455. The Morgan fingerprint density at radius 2 is 2.15 bits per heavy atom. The highest BCUT2D eigenvalue weighted by atomic mass is 35.5. The van der Waals surface area contributed by atoms with E-state index in [0.29, 0.717) is 6.42 Å². The molecule has 1 atom stereocenters. The fourth-order valence-corrected chi connectivity index (χ4v) is 3.18. The lowest BCUT2D eigenvalue weighted by atomic mass is 10.1. The number of sulfonamides is 1. The molecule has 0 spiro atoms. The van der Waals surface area contributed by atoms with Gasteiger partial charge in [-0.05, 0) is 18.4 Å². The second-order valence-electron chi connectivity index (χ2n) is 4.34. The van der Waals surface area contributed by atoms with Crippen LogP contribution in [-0.4, -0.2) is 31.6 Å². The maximum Gasteiger partial charge on any atom is 0.271 e. The second kappa shape index (κ2) is 6.98. The molecule has 2 N–H and O–H groups in total. The van der Waals surface area contributed by atoms with Gasteiger partial charge in [0.25, 0.3) is 5.69 Å². The summed E-state index contributed by atoms with van der Waals surface area (Å²) >= 11 is 5.77. The van der Waals surface area contributed by atoms with E-state index in [1.54, 1.807) is 6.92 Å². The van der Waals surface area contributed by atoms with Crippen molar-refractivity contribution in [1.82, 2.24) is 4.72 Å². The van der Waals surface area contributed by atoms with Crippen LogP contribution in [0.15, 0.2) is 23.1 Å². The van der Waals surface area contributed by atoms with Crippen molar-refractivity contribution < 1.29 is 18.4 Å². The molecule has 0 saturated heterocycles. The lowest BCUT2D eigenvalue weighted by Crippen LogP contribution is -2.29. The molecule has 0 aliphatic carbocycles. The summed E-state index contributed by atoms with van der Waals surface area (Å²) in [6, 6.07) is 3.17. The Hall–Kier alpha value is -1.22. The Kier molecular flexibility index (Phi) is 5.88. The van der Waals surface area contributed by atoms with E-state index in [1.165, 1.54) is 0 Å². The molecule has 0 fully saturated rings. The van der Waals surface area contributed by atoms with Crippen molar-refractivity contribution in [3.63, 3.8) is 0 Å². The zero-order valence-electron chi connectivity index (χ0n) is 10.7. The van der Waals surface area contributed by atoms with Gasteiger partial charge < -0.3 is 5.11 Å². The number of nitro groups is 1. The van der Waals surface area contributed by atoms with Crippen LogP contribution in [0.3, 0.4) is 0 Å². The molecule has 1 rings (SSSR count). The third-order valence-corrected chi connectivity index (χ3v) is 4.57. The van der Waals surface area contributed by atoms with Gasteiger partial charge in [0.05, 0.1) is 9.95 Å². The highest BCUT2D eigenvalue weighted by molar-refractivity contribution is 7.89. The quantitative estimate of drug-likeness (QED) is 0.584. The molecule has 0 aliphatic rings. The Bertz CT molecular complexity index is 590. The van der Waals surface area contributed by atoms with E-state index in [4.69, 9.17) is 16.7 Å². The normalized spacial score (nSPS) is 13.2. The fourth-order valence-electron chi connectivity index (χ4n) is 1.47. The summed E-state index contributed by atoms with van der Waals surface area (Å²) in [5.74, 6) is -0.0356. The molecule has 112 valence electrons. The minimum atomic E-state index is -3.83. The van der Waals surface area contributed by atoms with Crippen LogP contribution in [0.5, 0.6) is 0 Å². The Morgan fingerprint density at radius 3 is 2.65 bits per heavy atom. The van der Waals surface area contributed by atoms with Crippen molar-refractivity contribution in [2.45, 2.75) is 18.2 Å². The predicted octanol–water partition coefficient (Wildman–Crippen LogP) is 1.55. The summed E-state index contributed by atoms with van der Waals surface area (Å²) in [5, 5.41) is 19.1. The van der Waals surface area contributed by atoms with Crippen LogP contribution in [-0.2, 0) is 10.0 Å². The molecular formula is C11H15ClN2O5S. The van der Waals surface area contributed by atoms with E-state index in [0.717, 1.165) is 18.2 Å². The highest BCUT2D eigenvalue weighted by Crippen LogP contribution is 2.26. The van der Waals surface area contributed by atoms with Gasteiger partial charge >= 0.3 is 0 Å². The lowest BCUT2D eigenvalue weighted by Gasteiger charge is -2.12. The number of hydrogen-bond donors (Lipinski definition) is 2. The first-order valence-electron chi connectivity index (χ1n) is 5.82. The number of non-ortho nitro benzene ring substituents is 1. The van der Waals surface area contributed by atoms with E-state index in [1.807, 2.05) is 0 Å². The van der Waals surface area contributed by atoms with Crippen LogP contribution in [0.2, 0.25) is 5.02 Å². The summed E-state index contributed by atoms with van der Waals surface area (Å²) in [7, 11) is -3.83. The van der Waals surface area contributed by atoms with Gasteiger partial charge in [-0.2, -0.15) is 0 Å². The number of benzene rings is 1. The predicted molar refractivity (Wildman–Crippen MR) is 74.2 cm³/mol. The van der Waals surface area contributed by atoms with E-state index in [-0.39, 0.29) is 34.7 Å². The summed E-state index contributed by atoms with van der Waals surface area (Å²) in [5.41, 5.74) is -0.275. The maximum atomic E-state index is 12.0. The van der Waals surface area contributed by atoms with Gasteiger partial charge in [-0.3, -0.25) is 10.1 Å². The van der Waals surface area contributed by atoms with Crippen LogP contribution in [0.4, 0.5) is 5.69 Å². The van der Waals surface area contributed by atoms with Crippen LogP contribution in [0, 0.1) is 16.0 Å². The standard InChI is InChI=1S/C11H15ClN2O5S/c1-8(4-5-15)7-13-20(18,19)11-3-2-9(14(16)17)6-10(11)12/h2-3,6,8,13,15H,4-5,7H2,1H3. The molecule has 1 aromatic carbocycles. The summed E-state index contributed by atoms with van der Waals surface area (Å²) in [4.78, 5) is 9.70. The number of rotatable bonds is 7. The first-order valence-corrected chi connectivity index (χ1v) is 7.68. The molecule has 0 saturated carbocycles. The minimum absolute atomic E-state index is 0.0266. The summed E-state index contributed by atoms with van der Waals surface area (Å²) < 4.78 is 26.4. The molecule has 1 unspecified atom stereocenters. The van der Waals surface area contributed by atoms with Gasteiger partial charge in [-0.15, -0.1) is 0 Å². The van der Waals surface area contributed by atoms with Crippen LogP contribution >= 0.6 is 11.6 Å². The third-order valence-electron chi connectivity index (χ3n) is 2.66. The van der Waals surface area contributed by atoms with E-state index >= 15 is 0 Å². The first kappa shape index (κ1) is 16.8. The molecule has 20 heavy (non-hydrogen) atoms. The molecule has 0 amide bonds. The number of aliphatic hydroxyl groups excluding tert-OH is 1. The number of halogens is 1. The van der Waals surface area contributed by atoms with Crippen LogP contribution in [0.1, 0.15) is 13.3 Å². The number of nitro benzene ring substituents is 1. The van der Waals surface area contributed by atoms with Gasteiger partial charge in [0.15, 0.2) is 0 Å².